The molecule has 1 aromatic carbocycles. The zero-order valence-corrected chi connectivity index (χ0v) is 16.2. The predicted octanol–water partition coefficient (Wildman–Crippen LogP) is 4.78. The van der Waals surface area contributed by atoms with E-state index in [-0.39, 0.29) is 0 Å². The van der Waals surface area contributed by atoms with E-state index in [1.165, 1.54) is 0 Å². The highest BCUT2D eigenvalue weighted by atomic mass is 35.5. The fourth-order valence-electron chi connectivity index (χ4n) is 2.64. The molecule has 2 heterocycles. The molecule has 26 heavy (non-hydrogen) atoms. The lowest BCUT2D eigenvalue weighted by molar-refractivity contribution is 0.0687. The Bertz CT molecular complexity index is 919. The lowest BCUT2D eigenvalue weighted by atomic mass is 10.0. The van der Waals surface area contributed by atoms with Crippen LogP contribution in [0.15, 0.2) is 36.8 Å². The topological polar surface area (TPSA) is 70.9 Å². The minimum absolute atomic E-state index is 0.302. The third-order valence-electron chi connectivity index (χ3n) is 4.36. The number of pyridine rings is 1. The van der Waals surface area contributed by atoms with E-state index in [4.69, 9.17) is 11.6 Å². The van der Waals surface area contributed by atoms with Gasteiger partial charge in [0, 0.05) is 35.6 Å². The van der Waals surface area contributed by atoms with E-state index in [0.717, 1.165) is 34.1 Å². The smallest absolute Gasteiger partial charge is 0.159 e. The van der Waals surface area contributed by atoms with Crippen molar-refractivity contribution in [2.45, 2.75) is 45.8 Å². The highest BCUT2D eigenvalue weighted by Gasteiger charge is 2.19. The molecule has 3 rings (SSSR count). The molecule has 0 saturated heterocycles. The summed E-state index contributed by atoms with van der Waals surface area (Å²) in [6, 6.07) is 6.29. The van der Waals surface area contributed by atoms with Gasteiger partial charge in [0.2, 0.25) is 0 Å². The van der Waals surface area contributed by atoms with Gasteiger partial charge in [-0.25, -0.2) is 9.97 Å². The summed E-state index contributed by atoms with van der Waals surface area (Å²) >= 11 is 6.40. The Kier molecular flexibility index (Phi) is 5.12. The number of benzene rings is 1. The van der Waals surface area contributed by atoms with Crippen molar-refractivity contribution in [2.24, 2.45) is 0 Å². The van der Waals surface area contributed by atoms with Gasteiger partial charge in [0.1, 0.15) is 5.60 Å². The molecule has 0 saturated carbocycles. The molecule has 2 aromatic heterocycles. The van der Waals surface area contributed by atoms with Gasteiger partial charge in [-0.1, -0.05) is 24.6 Å². The lowest BCUT2D eigenvalue weighted by Crippen LogP contribution is -2.19. The second-order valence-electron chi connectivity index (χ2n) is 7.02. The van der Waals surface area contributed by atoms with Crippen LogP contribution in [0, 0.1) is 0 Å². The molecule has 0 fully saturated rings. The Morgan fingerprint density at radius 3 is 2.42 bits per heavy atom. The maximum atomic E-state index is 10.0. The first-order valence-electron chi connectivity index (χ1n) is 8.69. The zero-order chi connectivity index (χ0) is 18.9. The second-order valence-corrected chi connectivity index (χ2v) is 7.43. The van der Waals surface area contributed by atoms with Crippen LogP contribution in [0.3, 0.4) is 0 Å². The largest absolute Gasteiger partial charge is 0.382 e. The van der Waals surface area contributed by atoms with Crippen LogP contribution in [0.5, 0.6) is 0 Å². The number of nitrogens with one attached hydrogen (secondary N) is 1. The van der Waals surface area contributed by atoms with Gasteiger partial charge < -0.3 is 10.4 Å². The number of hydrogen-bond acceptors (Lipinski definition) is 5. The molecule has 6 heteroatoms. The van der Waals surface area contributed by atoms with Gasteiger partial charge >= 0.3 is 0 Å². The number of aromatic nitrogens is 3. The number of rotatable bonds is 5. The van der Waals surface area contributed by atoms with Gasteiger partial charge in [-0.05, 0) is 44.9 Å². The van der Waals surface area contributed by atoms with E-state index in [1.54, 1.807) is 32.4 Å². The molecule has 0 amide bonds. The number of aliphatic hydroxyl groups is 1. The van der Waals surface area contributed by atoms with Crippen molar-refractivity contribution in [1.29, 1.82) is 0 Å². The Labute approximate surface area is 158 Å². The van der Waals surface area contributed by atoms with E-state index >= 15 is 0 Å². The summed E-state index contributed by atoms with van der Waals surface area (Å²) < 4.78 is 0. The molecule has 0 aliphatic heterocycles. The van der Waals surface area contributed by atoms with Crippen LogP contribution < -0.4 is 5.32 Å². The minimum atomic E-state index is -1.06. The van der Waals surface area contributed by atoms with Crippen molar-refractivity contribution in [3.8, 4) is 11.1 Å². The molecule has 0 aliphatic carbocycles. The molecule has 1 unspecified atom stereocenters. The van der Waals surface area contributed by atoms with Crippen LogP contribution in [-0.2, 0) is 5.60 Å². The molecule has 0 bridgehead atoms. The summed E-state index contributed by atoms with van der Waals surface area (Å²) in [7, 11) is 0. The number of anilines is 1. The van der Waals surface area contributed by atoms with Crippen LogP contribution in [0.1, 0.15) is 39.9 Å². The van der Waals surface area contributed by atoms with Gasteiger partial charge in [-0.15, -0.1) is 0 Å². The molecule has 1 atom stereocenters. The Morgan fingerprint density at radius 2 is 1.81 bits per heavy atom. The number of nitrogens with zero attached hydrogens (tertiary/aromatic N) is 3. The van der Waals surface area contributed by atoms with E-state index in [2.05, 4.69) is 34.1 Å². The maximum absolute atomic E-state index is 10.0. The fourth-order valence-corrected chi connectivity index (χ4v) is 2.84. The van der Waals surface area contributed by atoms with Crippen LogP contribution in [0.4, 0.5) is 5.69 Å². The van der Waals surface area contributed by atoms with Gasteiger partial charge in [0.25, 0.3) is 0 Å². The van der Waals surface area contributed by atoms with E-state index in [0.29, 0.717) is 16.9 Å². The van der Waals surface area contributed by atoms with Gasteiger partial charge in [0.05, 0.1) is 16.2 Å². The van der Waals surface area contributed by atoms with Crippen LogP contribution in [0.2, 0.25) is 5.02 Å². The van der Waals surface area contributed by atoms with Crippen molar-refractivity contribution in [1.82, 2.24) is 15.0 Å². The van der Waals surface area contributed by atoms with Gasteiger partial charge in [-0.3, -0.25) is 4.98 Å². The first-order chi connectivity index (χ1) is 12.3. The first kappa shape index (κ1) is 18.5. The van der Waals surface area contributed by atoms with Crippen molar-refractivity contribution < 1.29 is 5.11 Å². The Hall–Kier alpha value is -2.24. The lowest BCUT2D eigenvalue weighted by Gasteiger charge is -2.17. The summed E-state index contributed by atoms with van der Waals surface area (Å²) in [5.74, 6) is 0.394. The molecular weight excluding hydrogens is 348 g/mol. The summed E-state index contributed by atoms with van der Waals surface area (Å²) in [5.41, 5.74) is 2.54. The standard InChI is InChI=1S/C20H23ClN4O/c1-5-12(2)25-18-15-8-13(6-7-17(15)22-11-16(18)21)14-9-23-19(24-10-14)20(3,4)26/h6-12,26H,5H2,1-4H3,(H,22,25). The van der Waals surface area contributed by atoms with E-state index in [9.17, 15) is 5.11 Å². The number of halogens is 1. The fraction of sp³-hybridized carbons (Fsp3) is 0.350. The summed E-state index contributed by atoms with van der Waals surface area (Å²) in [6.45, 7) is 7.58. The van der Waals surface area contributed by atoms with Crippen LogP contribution in [0.25, 0.3) is 22.0 Å². The number of hydrogen-bond donors (Lipinski definition) is 2. The predicted molar refractivity (Wildman–Crippen MR) is 106 cm³/mol. The van der Waals surface area contributed by atoms with Crippen molar-refractivity contribution in [2.75, 3.05) is 5.32 Å². The highest BCUT2D eigenvalue weighted by molar-refractivity contribution is 6.34. The molecule has 0 radical (unpaired) electrons. The quantitative estimate of drug-likeness (QED) is 0.676. The van der Waals surface area contributed by atoms with Gasteiger partial charge in [0.15, 0.2) is 5.82 Å². The molecule has 3 aromatic rings. The monoisotopic (exact) mass is 370 g/mol. The van der Waals surface area contributed by atoms with E-state index in [1.807, 2.05) is 18.2 Å². The normalized spacial score (nSPS) is 13.0. The highest BCUT2D eigenvalue weighted by Crippen LogP contribution is 2.33. The SMILES string of the molecule is CCC(C)Nc1c(Cl)cnc2ccc(-c3cnc(C(C)(C)O)nc3)cc12. The summed E-state index contributed by atoms with van der Waals surface area (Å²) in [6.07, 6.45) is 6.12. The van der Waals surface area contributed by atoms with Crippen molar-refractivity contribution in [3.05, 3.63) is 47.6 Å². The van der Waals surface area contributed by atoms with E-state index < -0.39 is 5.60 Å². The Balaban J connectivity index is 2.06. The zero-order valence-electron chi connectivity index (χ0n) is 15.4. The average molecular weight is 371 g/mol. The third kappa shape index (κ3) is 3.79. The molecule has 0 spiro atoms. The molecular formula is C20H23ClN4O. The van der Waals surface area contributed by atoms with Crippen molar-refractivity contribution in [3.63, 3.8) is 0 Å². The molecule has 5 nitrogen and oxygen atoms in total. The summed E-state index contributed by atoms with van der Waals surface area (Å²) in [5, 5.41) is 15.0. The maximum Gasteiger partial charge on any atom is 0.159 e. The van der Waals surface area contributed by atoms with Crippen LogP contribution >= 0.6 is 11.6 Å². The van der Waals surface area contributed by atoms with Crippen molar-refractivity contribution >= 4 is 28.2 Å². The van der Waals surface area contributed by atoms with Gasteiger partial charge in [-0.2, -0.15) is 0 Å². The molecule has 2 N–H and O–H groups in total. The average Bonchev–Trinajstić information content (AvgIpc) is 2.63. The molecule has 0 aliphatic rings. The minimum Gasteiger partial charge on any atom is -0.382 e. The Morgan fingerprint density at radius 1 is 1.12 bits per heavy atom. The summed E-state index contributed by atoms with van der Waals surface area (Å²) in [4.78, 5) is 13.0. The number of fused-ring (bicyclic) bond motifs is 1. The third-order valence-corrected chi connectivity index (χ3v) is 4.64. The first-order valence-corrected chi connectivity index (χ1v) is 9.07. The van der Waals surface area contributed by atoms with Crippen LogP contribution in [-0.4, -0.2) is 26.1 Å². The second kappa shape index (κ2) is 7.17. The molecule has 136 valence electrons.